The van der Waals surface area contributed by atoms with E-state index in [0.717, 1.165) is 4.57 Å². The van der Waals surface area contributed by atoms with E-state index in [2.05, 4.69) is 9.97 Å². The minimum absolute atomic E-state index is 0.101. The van der Waals surface area contributed by atoms with Crippen LogP contribution in [-0.2, 0) is 0 Å². The van der Waals surface area contributed by atoms with E-state index < -0.39 is 17.5 Å². The summed E-state index contributed by atoms with van der Waals surface area (Å²) in [6.45, 7) is 0. The summed E-state index contributed by atoms with van der Waals surface area (Å²) < 4.78 is 46.4. The number of halogens is 3. The van der Waals surface area contributed by atoms with E-state index in [1.54, 1.807) is 12.1 Å². The van der Waals surface area contributed by atoms with Gasteiger partial charge in [0.15, 0.2) is 17.3 Å². The third-order valence-corrected chi connectivity index (χ3v) is 2.94. The maximum absolute atomic E-state index is 13.9. The Balaban J connectivity index is 2.34. The van der Waals surface area contributed by atoms with Crippen molar-refractivity contribution in [2.45, 2.75) is 0 Å². The van der Waals surface area contributed by atoms with Gasteiger partial charge >= 0.3 is 0 Å². The lowest BCUT2D eigenvalue weighted by molar-refractivity contribution is 0.399. The Hall–Kier alpha value is -2.77. The first kappa shape index (κ1) is 13.2. The standard InChI is InChI=1S/C13H9F3N4O/c1-21-11-3-2-9-12(19-11)20(13(17)18-9)10-5-7(15)6(14)4-8(10)16/h2-5H,1H3,(H2,17,18). The second-order valence-electron chi connectivity index (χ2n) is 4.22. The summed E-state index contributed by atoms with van der Waals surface area (Å²) in [6, 6.07) is 4.27. The molecule has 0 radical (unpaired) electrons. The molecule has 3 rings (SSSR count). The topological polar surface area (TPSA) is 66.0 Å². The minimum Gasteiger partial charge on any atom is -0.481 e. The van der Waals surface area contributed by atoms with Crippen molar-refractivity contribution in [2.24, 2.45) is 0 Å². The van der Waals surface area contributed by atoms with Crippen molar-refractivity contribution in [1.82, 2.24) is 14.5 Å². The summed E-state index contributed by atoms with van der Waals surface area (Å²) in [7, 11) is 1.41. The van der Waals surface area contributed by atoms with Gasteiger partial charge in [0.2, 0.25) is 11.8 Å². The summed E-state index contributed by atoms with van der Waals surface area (Å²) >= 11 is 0. The van der Waals surface area contributed by atoms with Gasteiger partial charge in [-0.25, -0.2) is 18.2 Å². The summed E-state index contributed by atoms with van der Waals surface area (Å²) in [5, 5.41) is 0. The average molecular weight is 294 g/mol. The Morgan fingerprint density at radius 2 is 1.76 bits per heavy atom. The molecule has 0 unspecified atom stereocenters. The zero-order valence-electron chi connectivity index (χ0n) is 10.8. The zero-order chi connectivity index (χ0) is 15.1. The molecular weight excluding hydrogens is 285 g/mol. The largest absolute Gasteiger partial charge is 0.481 e. The molecule has 2 heterocycles. The van der Waals surface area contributed by atoms with E-state index in [1.807, 2.05) is 0 Å². The quantitative estimate of drug-likeness (QED) is 0.737. The number of nitrogen functional groups attached to an aromatic ring is 1. The van der Waals surface area contributed by atoms with Gasteiger partial charge < -0.3 is 10.5 Å². The van der Waals surface area contributed by atoms with Gasteiger partial charge in [-0.15, -0.1) is 0 Å². The SMILES string of the molecule is COc1ccc2nc(N)n(-c3cc(F)c(F)cc3F)c2n1. The summed E-state index contributed by atoms with van der Waals surface area (Å²) in [6.07, 6.45) is 0. The fraction of sp³-hybridized carbons (Fsp3) is 0.0769. The van der Waals surface area contributed by atoms with E-state index in [9.17, 15) is 13.2 Å². The highest BCUT2D eigenvalue weighted by Gasteiger charge is 2.18. The van der Waals surface area contributed by atoms with Crippen LogP contribution in [0.4, 0.5) is 19.1 Å². The van der Waals surface area contributed by atoms with Crippen molar-refractivity contribution in [3.05, 3.63) is 41.7 Å². The molecule has 0 aliphatic heterocycles. The van der Waals surface area contributed by atoms with Crippen molar-refractivity contribution in [1.29, 1.82) is 0 Å². The lowest BCUT2D eigenvalue weighted by Gasteiger charge is -2.08. The Morgan fingerprint density at radius 1 is 1.05 bits per heavy atom. The van der Waals surface area contributed by atoms with Crippen LogP contribution in [-0.4, -0.2) is 21.6 Å². The van der Waals surface area contributed by atoms with Gasteiger partial charge in [0.05, 0.1) is 12.8 Å². The van der Waals surface area contributed by atoms with Crippen LogP contribution in [0.1, 0.15) is 0 Å². The molecule has 108 valence electrons. The Bertz CT molecular complexity index is 847. The van der Waals surface area contributed by atoms with Gasteiger partial charge in [-0.2, -0.15) is 4.98 Å². The number of aromatic nitrogens is 3. The molecule has 5 nitrogen and oxygen atoms in total. The normalized spacial score (nSPS) is 11.0. The van der Waals surface area contributed by atoms with Crippen LogP contribution < -0.4 is 10.5 Å². The number of rotatable bonds is 2. The highest BCUT2D eigenvalue weighted by molar-refractivity contribution is 5.77. The van der Waals surface area contributed by atoms with Crippen LogP contribution >= 0.6 is 0 Å². The molecule has 2 N–H and O–H groups in total. The lowest BCUT2D eigenvalue weighted by atomic mass is 10.2. The smallest absolute Gasteiger partial charge is 0.215 e. The van der Waals surface area contributed by atoms with Gasteiger partial charge in [0.25, 0.3) is 0 Å². The molecule has 0 saturated carbocycles. The predicted molar refractivity (Wildman–Crippen MR) is 69.7 cm³/mol. The first-order chi connectivity index (χ1) is 10.0. The van der Waals surface area contributed by atoms with Crippen LogP contribution in [0.2, 0.25) is 0 Å². The molecule has 0 amide bonds. The number of anilines is 1. The van der Waals surface area contributed by atoms with Crippen molar-refractivity contribution in [2.75, 3.05) is 12.8 Å². The number of nitrogens with two attached hydrogens (primary N) is 1. The molecule has 2 aromatic heterocycles. The second-order valence-corrected chi connectivity index (χ2v) is 4.22. The number of hydrogen-bond donors (Lipinski definition) is 1. The van der Waals surface area contributed by atoms with E-state index in [0.29, 0.717) is 17.6 Å². The van der Waals surface area contributed by atoms with Crippen molar-refractivity contribution in [3.8, 4) is 11.6 Å². The number of nitrogens with zero attached hydrogens (tertiary/aromatic N) is 3. The van der Waals surface area contributed by atoms with E-state index in [-0.39, 0.29) is 23.2 Å². The highest BCUT2D eigenvalue weighted by Crippen LogP contribution is 2.26. The van der Waals surface area contributed by atoms with Gasteiger partial charge in [-0.3, -0.25) is 4.57 Å². The molecule has 0 bridgehead atoms. The molecule has 0 spiro atoms. The van der Waals surface area contributed by atoms with Gasteiger partial charge in [0.1, 0.15) is 11.3 Å². The van der Waals surface area contributed by atoms with Crippen LogP contribution in [0.15, 0.2) is 24.3 Å². The van der Waals surface area contributed by atoms with Gasteiger partial charge in [-0.1, -0.05) is 0 Å². The number of ether oxygens (including phenoxy) is 1. The van der Waals surface area contributed by atoms with Gasteiger partial charge in [-0.05, 0) is 6.07 Å². The number of fused-ring (bicyclic) bond motifs is 1. The summed E-state index contributed by atoms with van der Waals surface area (Å²) in [5.41, 5.74) is 5.99. The third kappa shape index (κ3) is 2.04. The van der Waals surface area contributed by atoms with E-state index in [4.69, 9.17) is 10.5 Å². The molecule has 0 fully saturated rings. The van der Waals surface area contributed by atoms with Crippen LogP contribution in [0.25, 0.3) is 16.9 Å². The molecule has 3 aromatic rings. The second kappa shape index (κ2) is 4.65. The molecular formula is C13H9F3N4O. The van der Waals surface area contributed by atoms with E-state index >= 15 is 0 Å². The molecule has 0 saturated heterocycles. The van der Waals surface area contributed by atoms with Crippen molar-refractivity contribution < 1.29 is 17.9 Å². The maximum atomic E-state index is 13.9. The average Bonchev–Trinajstić information content (AvgIpc) is 2.78. The zero-order valence-corrected chi connectivity index (χ0v) is 10.8. The fourth-order valence-corrected chi connectivity index (χ4v) is 1.99. The van der Waals surface area contributed by atoms with Crippen LogP contribution in [0.3, 0.4) is 0 Å². The maximum Gasteiger partial charge on any atom is 0.215 e. The summed E-state index contributed by atoms with van der Waals surface area (Å²) in [5.74, 6) is -3.31. The number of hydrogen-bond acceptors (Lipinski definition) is 4. The Morgan fingerprint density at radius 3 is 2.48 bits per heavy atom. The molecule has 0 atom stereocenters. The Kier molecular flexibility index (Phi) is 2.93. The van der Waals surface area contributed by atoms with Crippen molar-refractivity contribution >= 4 is 17.1 Å². The Labute approximate surface area is 116 Å². The van der Waals surface area contributed by atoms with Crippen LogP contribution in [0, 0.1) is 17.5 Å². The monoisotopic (exact) mass is 294 g/mol. The molecule has 0 aliphatic rings. The van der Waals surface area contributed by atoms with Crippen LogP contribution in [0.5, 0.6) is 5.88 Å². The highest BCUT2D eigenvalue weighted by atomic mass is 19.2. The molecule has 0 aliphatic carbocycles. The molecule has 8 heteroatoms. The van der Waals surface area contributed by atoms with Gasteiger partial charge in [0, 0.05) is 18.2 Å². The number of imidazole rings is 1. The molecule has 21 heavy (non-hydrogen) atoms. The van der Waals surface area contributed by atoms with Crippen molar-refractivity contribution in [3.63, 3.8) is 0 Å². The predicted octanol–water partition coefficient (Wildman–Crippen LogP) is 2.43. The first-order valence-electron chi connectivity index (χ1n) is 5.85. The molecule has 1 aromatic carbocycles. The summed E-state index contributed by atoms with van der Waals surface area (Å²) in [4.78, 5) is 8.10. The number of benzene rings is 1. The van der Waals surface area contributed by atoms with E-state index in [1.165, 1.54) is 7.11 Å². The third-order valence-electron chi connectivity index (χ3n) is 2.94. The lowest BCUT2D eigenvalue weighted by Crippen LogP contribution is -2.05. The fourth-order valence-electron chi connectivity index (χ4n) is 1.99. The number of methoxy groups -OCH3 is 1. The number of pyridine rings is 1. The minimum atomic E-state index is -1.29. The first-order valence-corrected chi connectivity index (χ1v) is 5.85.